The molecule has 2 heterocycles. The van der Waals surface area contributed by atoms with E-state index < -0.39 is 0 Å². The third-order valence-corrected chi connectivity index (χ3v) is 3.97. The monoisotopic (exact) mass is 326 g/mol. The molecule has 0 aliphatic heterocycles. The summed E-state index contributed by atoms with van der Waals surface area (Å²) in [6.45, 7) is 0.840. The van der Waals surface area contributed by atoms with Crippen LogP contribution < -0.4 is 5.56 Å². The minimum absolute atomic E-state index is 0.206. The molecule has 0 saturated carbocycles. The number of hydrogen-bond donors (Lipinski definition) is 1. The molecule has 0 radical (unpaired) electrons. The number of carbonyl (C=O) groups is 1. The van der Waals surface area contributed by atoms with Gasteiger partial charge in [-0.25, -0.2) is 9.97 Å². The topological polar surface area (TPSA) is 79.0 Å². The van der Waals surface area contributed by atoms with E-state index in [0.29, 0.717) is 13.1 Å². The van der Waals surface area contributed by atoms with Crippen LogP contribution >= 0.6 is 11.3 Å². The van der Waals surface area contributed by atoms with Crippen LogP contribution in [0.4, 0.5) is 0 Å². The second kappa shape index (κ2) is 6.97. The summed E-state index contributed by atoms with van der Waals surface area (Å²) < 4.78 is 0. The Morgan fingerprint density at radius 1 is 1.17 bits per heavy atom. The lowest BCUT2D eigenvalue weighted by atomic mass is 10.2. The van der Waals surface area contributed by atoms with Crippen molar-refractivity contribution >= 4 is 17.2 Å². The van der Waals surface area contributed by atoms with Gasteiger partial charge in [0.25, 0.3) is 11.5 Å². The molecule has 0 unspecified atom stereocenters. The molecule has 23 heavy (non-hydrogen) atoms. The van der Waals surface area contributed by atoms with Gasteiger partial charge in [0, 0.05) is 24.3 Å². The molecule has 116 valence electrons. The maximum absolute atomic E-state index is 12.7. The highest BCUT2D eigenvalue weighted by molar-refractivity contribution is 7.09. The van der Waals surface area contributed by atoms with Crippen LogP contribution in [0.3, 0.4) is 0 Å². The van der Waals surface area contributed by atoms with Crippen molar-refractivity contribution in [2.75, 3.05) is 0 Å². The molecule has 1 N–H and O–H groups in total. The molecule has 3 aromatic rings. The zero-order valence-corrected chi connectivity index (χ0v) is 13.0. The lowest BCUT2D eigenvalue weighted by molar-refractivity contribution is 0.0723. The molecule has 0 aliphatic rings. The Hall–Kier alpha value is -2.80. The average Bonchev–Trinajstić information content (AvgIpc) is 3.08. The van der Waals surface area contributed by atoms with Gasteiger partial charge in [0.05, 0.1) is 12.7 Å². The van der Waals surface area contributed by atoms with Gasteiger partial charge in [0.2, 0.25) is 0 Å². The Morgan fingerprint density at radius 3 is 2.65 bits per heavy atom. The maximum Gasteiger partial charge on any atom is 0.274 e. The minimum Gasteiger partial charge on any atom is -0.326 e. The number of amides is 1. The van der Waals surface area contributed by atoms with Crippen LogP contribution in [0.25, 0.3) is 0 Å². The predicted molar refractivity (Wildman–Crippen MR) is 87.0 cm³/mol. The zero-order valence-electron chi connectivity index (χ0n) is 12.2. The van der Waals surface area contributed by atoms with Crippen LogP contribution in [0.5, 0.6) is 0 Å². The highest BCUT2D eigenvalue weighted by Gasteiger charge is 2.19. The number of hydrogen-bond acceptors (Lipinski definition) is 5. The number of aromatic nitrogens is 3. The molecule has 7 heteroatoms. The van der Waals surface area contributed by atoms with Crippen LogP contribution in [0.2, 0.25) is 0 Å². The largest absolute Gasteiger partial charge is 0.326 e. The first kappa shape index (κ1) is 15.1. The normalized spacial score (nSPS) is 10.4. The van der Waals surface area contributed by atoms with Crippen molar-refractivity contribution in [2.45, 2.75) is 13.1 Å². The van der Waals surface area contributed by atoms with Gasteiger partial charge in [0.1, 0.15) is 10.7 Å². The number of nitrogens with zero attached hydrogens (tertiary/aromatic N) is 3. The molecule has 6 nitrogen and oxygen atoms in total. The minimum atomic E-state index is -0.337. The van der Waals surface area contributed by atoms with Gasteiger partial charge in [-0.2, -0.15) is 0 Å². The Morgan fingerprint density at radius 2 is 2.00 bits per heavy atom. The first-order chi connectivity index (χ1) is 11.2. The Balaban J connectivity index is 1.85. The molecule has 3 rings (SSSR count). The van der Waals surface area contributed by atoms with Crippen molar-refractivity contribution in [1.82, 2.24) is 19.9 Å². The van der Waals surface area contributed by atoms with E-state index in [9.17, 15) is 9.59 Å². The first-order valence-corrected chi connectivity index (χ1v) is 7.86. The van der Waals surface area contributed by atoms with E-state index in [1.54, 1.807) is 11.1 Å². The van der Waals surface area contributed by atoms with E-state index in [4.69, 9.17) is 0 Å². The third-order valence-electron chi connectivity index (χ3n) is 3.20. The van der Waals surface area contributed by atoms with Gasteiger partial charge in [-0.1, -0.05) is 30.3 Å². The summed E-state index contributed by atoms with van der Waals surface area (Å²) >= 11 is 1.49. The van der Waals surface area contributed by atoms with E-state index in [1.165, 1.54) is 17.5 Å². The summed E-state index contributed by atoms with van der Waals surface area (Å²) in [5, 5.41) is 2.72. The van der Waals surface area contributed by atoms with Crippen LogP contribution in [0, 0.1) is 0 Å². The fourth-order valence-corrected chi connectivity index (χ4v) is 2.75. The van der Waals surface area contributed by atoms with Crippen molar-refractivity contribution in [1.29, 1.82) is 0 Å². The van der Waals surface area contributed by atoms with Crippen molar-refractivity contribution in [2.24, 2.45) is 0 Å². The highest BCUT2D eigenvalue weighted by atomic mass is 32.1. The second-order valence-corrected chi connectivity index (χ2v) is 5.85. The maximum atomic E-state index is 12.7. The SMILES string of the molecule is O=C(c1c[nH]c(=O)cn1)N(Cc1ccccc1)Cc1nccs1. The van der Waals surface area contributed by atoms with Crippen molar-refractivity contribution in [3.05, 3.63) is 80.9 Å². The fraction of sp³-hybridized carbons (Fsp3) is 0.125. The average molecular weight is 326 g/mol. The molecule has 0 spiro atoms. The molecule has 2 aromatic heterocycles. The molecule has 0 fully saturated rings. The molecule has 0 saturated heterocycles. The number of carbonyl (C=O) groups excluding carboxylic acids is 1. The summed E-state index contributed by atoms with van der Waals surface area (Å²) in [5.74, 6) is -0.250. The van der Waals surface area contributed by atoms with Crippen LogP contribution in [0.1, 0.15) is 21.1 Å². The van der Waals surface area contributed by atoms with E-state index in [2.05, 4.69) is 15.0 Å². The van der Waals surface area contributed by atoms with Crippen LogP contribution in [-0.4, -0.2) is 25.8 Å². The first-order valence-electron chi connectivity index (χ1n) is 6.98. The van der Waals surface area contributed by atoms with E-state index >= 15 is 0 Å². The molecule has 1 aromatic carbocycles. The Kier molecular flexibility index (Phi) is 4.58. The second-order valence-electron chi connectivity index (χ2n) is 4.87. The number of benzene rings is 1. The summed E-state index contributed by atoms with van der Waals surface area (Å²) in [6, 6.07) is 9.71. The number of thiazole rings is 1. The molecule has 1 amide bonds. The van der Waals surface area contributed by atoms with E-state index in [0.717, 1.165) is 16.8 Å². The van der Waals surface area contributed by atoms with Gasteiger partial charge in [-0.15, -0.1) is 11.3 Å². The zero-order chi connectivity index (χ0) is 16.1. The van der Waals surface area contributed by atoms with Crippen molar-refractivity contribution in [3.63, 3.8) is 0 Å². The van der Waals surface area contributed by atoms with Crippen LogP contribution in [-0.2, 0) is 13.1 Å². The predicted octanol–water partition coefficient (Wildman–Crippen LogP) is 2.07. The number of aromatic amines is 1. The summed E-state index contributed by atoms with van der Waals surface area (Å²) in [5.41, 5.74) is 0.884. The van der Waals surface area contributed by atoms with Gasteiger partial charge >= 0.3 is 0 Å². The van der Waals surface area contributed by atoms with Gasteiger partial charge in [-0.05, 0) is 5.56 Å². The summed E-state index contributed by atoms with van der Waals surface area (Å²) in [7, 11) is 0. The lowest BCUT2D eigenvalue weighted by Gasteiger charge is -2.21. The lowest BCUT2D eigenvalue weighted by Crippen LogP contribution is -2.31. The van der Waals surface area contributed by atoms with Crippen molar-refractivity contribution in [3.8, 4) is 0 Å². The van der Waals surface area contributed by atoms with E-state index in [-0.39, 0.29) is 17.2 Å². The Bertz CT molecular complexity index is 810. The summed E-state index contributed by atoms with van der Waals surface area (Å²) in [4.78, 5) is 36.1. The van der Waals surface area contributed by atoms with Gasteiger partial charge in [-0.3, -0.25) is 9.59 Å². The van der Waals surface area contributed by atoms with Gasteiger partial charge < -0.3 is 9.88 Å². The molecule has 0 atom stereocenters. The standard InChI is InChI=1S/C16H14N4O2S/c21-14-9-18-13(8-19-14)16(22)20(11-15-17-6-7-23-15)10-12-4-2-1-3-5-12/h1-9H,10-11H2,(H,19,21). The smallest absolute Gasteiger partial charge is 0.274 e. The third kappa shape index (κ3) is 3.89. The summed E-state index contributed by atoms with van der Waals surface area (Å²) in [6.07, 6.45) is 4.16. The Labute approximate surface area is 136 Å². The van der Waals surface area contributed by atoms with Crippen molar-refractivity contribution < 1.29 is 4.79 Å². The quantitative estimate of drug-likeness (QED) is 0.778. The van der Waals surface area contributed by atoms with E-state index in [1.807, 2.05) is 35.7 Å². The molecule has 0 aliphatic carbocycles. The van der Waals surface area contributed by atoms with Crippen LogP contribution in [0.15, 0.2) is 59.1 Å². The molecular weight excluding hydrogens is 312 g/mol. The number of H-pyrrole nitrogens is 1. The number of nitrogens with one attached hydrogen (secondary N) is 1. The molecular formula is C16H14N4O2S. The number of rotatable bonds is 5. The molecule has 0 bridgehead atoms. The highest BCUT2D eigenvalue weighted by Crippen LogP contribution is 2.14. The fourth-order valence-electron chi connectivity index (χ4n) is 2.12. The van der Waals surface area contributed by atoms with Gasteiger partial charge in [0.15, 0.2) is 0 Å².